The van der Waals surface area contributed by atoms with E-state index in [9.17, 15) is 13.2 Å². The van der Waals surface area contributed by atoms with Crippen molar-refractivity contribution in [3.05, 3.63) is 23.5 Å². The zero-order valence-corrected chi connectivity index (χ0v) is 12.0. The third kappa shape index (κ3) is 5.01. The zero-order valence-electron chi connectivity index (χ0n) is 10.5. The van der Waals surface area contributed by atoms with Crippen LogP contribution in [0.15, 0.2) is 18.3 Å². The lowest BCUT2D eigenvalue weighted by Crippen LogP contribution is -2.34. The van der Waals surface area contributed by atoms with E-state index in [0.717, 1.165) is 4.31 Å². The summed E-state index contributed by atoms with van der Waals surface area (Å²) in [5, 5.41) is 0.266. The number of esters is 1. The summed E-state index contributed by atoms with van der Waals surface area (Å²) in [5.74, 6) is -0.477. The Bertz CT molecular complexity index is 532. The van der Waals surface area contributed by atoms with Crippen molar-refractivity contribution in [2.45, 2.75) is 6.42 Å². The third-order valence-electron chi connectivity index (χ3n) is 2.24. The Morgan fingerprint density at radius 2 is 2.21 bits per heavy atom. The fourth-order valence-electron chi connectivity index (χ4n) is 1.13. The topological polar surface area (TPSA) is 88.6 Å². The molecule has 1 aromatic heterocycles. The van der Waals surface area contributed by atoms with Crippen LogP contribution in [0.1, 0.15) is 6.42 Å². The quantitative estimate of drug-likeness (QED) is 0.623. The molecule has 0 fully saturated rings. The number of methoxy groups -OCH3 is 1. The van der Waals surface area contributed by atoms with Crippen LogP contribution in [-0.2, 0) is 19.7 Å². The number of carbonyl (C=O) groups excluding carboxylic acids is 1. The average Bonchev–Trinajstić information content (AvgIpc) is 2.37. The highest BCUT2D eigenvalue weighted by Crippen LogP contribution is 2.12. The van der Waals surface area contributed by atoms with E-state index in [4.69, 9.17) is 11.6 Å². The van der Waals surface area contributed by atoms with Crippen molar-refractivity contribution in [2.24, 2.45) is 0 Å². The molecule has 9 heteroatoms. The highest BCUT2D eigenvalue weighted by atomic mass is 35.5. The molecule has 106 valence electrons. The minimum absolute atomic E-state index is 0.0169. The molecule has 0 saturated carbocycles. The normalized spacial score (nSPS) is 11.4. The maximum Gasteiger partial charge on any atom is 0.306 e. The first-order chi connectivity index (χ1) is 8.85. The number of hydrogen-bond donors (Lipinski definition) is 1. The number of halogens is 1. The van der Waals surface area contributed by atoms with Crippen molar-refractivity contribution in [1.82, 2.24) is 9.29 Å². The molecule has 0 bridgehead atoms. The molecule has 7 nitrogen and oxygen atoms in total. The Balaban J connectivity index is 2.64. The lowest BCUT2D eigenvalue weighted by molar-refractivity contribution is -0.140. The number of pyridine rings is 1. The smallest absolute Gasteiger partial charge is 0.306 e. The van der Waals surface area contributed by atoms with Gasteiger partial charge in [0.2, 0.25) is 0 Å². The Morgan fingerprint density at radius 1 is 1.53 bits per heavy atom. The third-order valence-corrected chi connectivity index (χ3v) is 3.96. The molecule has 1 N–H and O–H groups in total. The summed E-state index contributed by atoms with van der Waals surface area (Å²) >= 11 is 5.60. The fourth-order valence-corrected chi connectivity index (χ4v) is 2.15. The molecule has 0 saturated heterocycles. The molecule has 0 aliphatic heterocycles. The number of nitrogens with one attached hydrogen (secondary N) is 1. The Labute approximate surface area is 116 Å². The van der Waals surface area contributed by atoms with E-state index in [1.54, 1.807) is 0 Å². The molecule has 0 amide bonds. The lowest BCUT2D eigenvalue weighted by Gasteiger charge is -2.17. The predicted octanol–water partition coefficient (Wildman–Crippen LogP) is 0.887. The highest BCUT2D eigenvalue weighted by Gasteiger charge is 2.18. The van der Waals surface area contributed by atoms with Gasteiger partial charge in [-0.15, -0.1) is 0 Å². The van der Waals surface area contributed by atoms with Crippen LogP contribution >= 0.6 is 11.6 Å². The number of ether oxygens (including phenoxy) is 1. The number of aromatic nitrogens is 1. The van der Waals surface area contributed by atoms with E-state index in [2.05, 4.69) is 14.4 Å². The van der Waals surface area contributed by atoms with Crippen molar-refractivity contribution in [3.8, 4) is 0 Å². The minimum Gasteiger partial charge on any atom is -0.469 e. The van der Waals surface area contributed by atoms with Gasteiger partial charge in [0.1, 0.15) is 5.15 Å². The number of anilines is 1. The van der Waals surface area contributed by atoms with Gasteiger partial charge in [-0.2, -0.15) is 12.7 Å². The fraction of sp³-hybridized carbons (Fsp3) is 0.400. The summed E-state index contributed by atoms with van der Waals surface area (Å²) in [4.78, 5) is 14.7. The highest BCUT2D eigenvalue weighted by molar-refractivity contribution is 7.90. The van der Waals surface area contributed by atoms with Crippen molar-refractivity contribution < 1.29 is 17.9 Å². The van der Waals surface area contributed by atoms with Crippen molar-refractivity contribution >= 4 is 33.5 Å². The molecular formula is C10H14ClN3O4S. The molecule has 19 heavy (non-hydrogen) atoms. The molecule has 0 spiro atoms. The first-order valence-electron chi connectivity index (χ1n) is 5.27. The van der Waals surface area contributed by atoms with Crippen LogP contribution in [0, 0.1) is 0 Å². The lowest BCUT2D eigenvalue weighted by atomic mass is 10.4. The van der Waals surface area contributed by atoms with Crippen LogP contribution in [0.3, 0.4) is 0 Å². The molecular weight excluding hydrogens is 294 g/mol. The molecule has 0 unspecified atom stereocenters. The number of carbonyl (C=O) groups is 1. The van der Waals surface area contributed by atoms with E-state index >= 15 is 0 Å². The summed E-state index contributed by atoms with van der Waals surface area (Å²) in [6, 6.07) is 2.95. The van der Waals surface area contributed by atoms with Crippen LogP contribution in [0.4, 0.5) is 5.69 Å². The van der Waals surface area contributed by atoms with Crippen LogP contribution in [0.2, 0.25) is 5.15 Å². The molecule has 0 radical (unpaired) electrons. The monoisotopic (exact) mass is 307 g/mol. The largest absolute Gasteiger partial charge is 0.469 e. The molecule has 1 rings (SSSR count). The van der Waals surface area contributed by atoms with Crippen LogP contribution in [0.5, 0.6) is 0 Å². The second-order valence-electron chi connectivity index (χ2n) is 3.62. The zero-order chi connectivity index (χ0) is 14.5. The molecule has 0 aliphatic rings. The van der Waals surface area contributed by atoms with Gasteiger partial charge < -0.3 is 4.74 Å². The van der Waals surface area contributed by atoms with Crippen LogP contribution < -0.4 is 4.72 Å². The van der Waals surface area contributed by atoms with E-state index in [0.29, 0.717) is 0 Å². The van der Waals surface area contributed by atoms with Gasteiger partial charge in [0.15, 0.2) is 0 Å². The molecule has 0 atom stereocenters. The maximum atomic E-state index is 11.9. The molecule has 1 heterocycles. The van der Waals surface area contributed by atoms with Gasteiger partial charge in [0, 0.05) is 13.6 Å². The summed E-state index contributed by atoms with van der Waals surface area (Å²) in [5.41, 5.74) is 0.286. The first kappa shape index (κ1) is 15.7. The van der Waals surface area contributed by atoms with Gasteiger partial charge >= 0.3 is 16.2 Å². The second-order valence-corrected chi connectivity index (χ2v) is 5.79. The Morgan fingerprint density at radius 3 is 2.74 bits per heavy atom. The van der Waals surface area contributed by atoms with Gasteiger partial charge in [-0.1, -0.05) is 11.6 Å². The van der Waals surface area contributed by atoms with Crippen LogP contribution in [-0.4, -0.2) is 44.4 Å². The standard InChI is InChI=1S/C10H14ClN3O4S/c1-14(6-5-10(15)18-2)19(16,17)13-8-3-4-9(11)12-7-8/h3-4,7,13H,5-6H2,1-2H3. The van der Waals surface area contributed by atoms with E-state index in [1.165, 1.54) is 32.5 Å². The average molecular weight is 308 g/mol. The summed E-state index contributed by atoms with van der Waals surface area (Å²) in [6.45, 7) is 0.0169. The maximum absolute atomic E-state index is 11.9. The summed E-state index contributed by atoms with van der Waals surface area (Å²) in [7, 11) is -1.14. The summed E-state index contributed by atoms with van der Waals surface area (Å²) < 4.78 is 31.5. The minimum atomic E-state index is -3.74. The number of hydrogen-bond acceptors (Lipinski definition) is 5. The van der Waals surface area contributed by atoms with Crippen molar-refractivity contribution in [3.63, 3.8) is 0 Å². The molecule has 0 aromatic carbocycles. The van der Waals surface area contributed by atoms with E-state index in [1.807, 2.05) is 0 Å². The predicted molar refractivity (Wildman–Crippen MR) is 71.1 cm³/mol. The molecule has 0 aliphatic carbocycles. The Kier molecular flexibility index (Phi) is 5.52. The van der Waals surface area contributed by atoms with Gasteiger partial charge in [0.25, 0.3) is 0 Å². The van der Waals surface area contributed by atoms with E-state index in [-0.39, 0.29) is 23.8 Å². The Hall–Kier alpha value is -1.38. The number of rotatable bonds is 6. The van der Waals surface area contributed by atoms with E-state index < -0.39 is 16.2 Å². The molecule has 1 aromatic rings. The van der Waals surface area contributed by atoms with Crippen LogP contribution in [0.25, 0.3) is 0 Å². The van der Waals surface area contributed by atoms with Gasteiger partial charge in [-0.25, -0.2) is 4.98 Å². The number of nitrogens with zero attached hydrogens (tertiary/aromatic N) is 2. The van der Waals surface area contributed by atoms with Crippen molar-refractivity contribution in [2.75, 3.05) is 25.4 Å². The summed E-state index contributed by atoms with van der Waals surface area (Å²) in [6.07, 6.45) is 1.28. The van der Waals surface area contributed by atoms with Crippen molar-refractivity contribution in [1.29, 1.82) is 0 Å². The first-order valence-corrected chi connectivity index (χ1v) is 7.09. The van der Waals surface area contributed by atoms with Gasteiger partial charge in [-0.3, -0.25) is 9.52 Å². The van der Waals surface area contributed by atoms with Gasteiger partial charge in [-0.05, 0) is 12.1 Å². The van der Waals surface area contributed by atoms with Gasteiger partial charge in [0.05, 0.1) is 25.4 Å². The SMILES string of the molecule is COC(=O)CCN(C)S(=O)(=O)Nc1ccc(Cl)nc1. The second kappa shape index (κ2) is 6.69.